The average Bonchev–Trinajstić information content (AvgIpc) is 3.07. The highest BCUT2D eigenvalue weighted by Gasteiger charge is 2.33. The van der Waals surface area contributed by atoms with Gasteiger partial charge < -0.3 is 9.47 Å². The number of hydrogen-bond donors (Lipinski definition) is 0. The number of carbonyl (C=O) groups excluding carboxylic acids is 1. The van der Waals surface area contributed by atoms with Crippen molar-refractivity contribution in [3.63, 3.8) is 0 Å². The zero-order chi connectivity index (χ0) is 21.3. The monoisotopic (exact) mass is 420 g/mol. The molecule has 0 bridgehead atoms. The maximum Gasteiger partial charge on any atom is 0.338 e. The molecule has 1 aliphatic heterocycles. The Morgan fingerprint density at radius 2 is 1.80 bits per heavy atom. The van der Waals surface area contributed by atoms with Crippen LogP contribution in [0.2, 0.25) is 0 Å². The quantitative estimate of drug-likeness (QED) is 0.608. The van der Waals surface area contributed by atoms with Gasteiger partial charge in [-0.15, -0.1) is 0 Å². The van der Waals surface area contributed by atoms with Crippen molar-refractivity contribution in [1.29, 1.82) is 0 Å². The Hall–Kier alpha value is -3.45. The molecule has 0 N–H and O–H groups in total. The second kappa shape index (κ2) is 8.12. The molecule has 0 amide bonds. The summed E-state index contributed by atoms with van der Waals surface area (Å²) < 4.78 is 12.4. The van der Waals surface area contributed by atoms with Crippen LogP contribution in [0.3, 0.4) is 0 Å². The van der Waals surface area contributed by atoms with Crippen LogP contribution in [-0.2, 0) is 9.53 Å². The van der Waals surface area contributed by atoms with Crippen LogP contribution < -0.4 is 19.6 Å². The van der Waals surface area contributed by atoms with E-state index in [0.717, 1.165) is 11.1 Å². The molecular formula is C23H20N2O4S. The lowest BCUT2D eigenvalue weighted by Crippen LogP contribution is -2.39. The lowest BCUT2D eigenvalue weighted by atomic mass is 9.96. The van der Waals surface area contributed by atoms with E-state index in [-0.39, 0.29) is 5.56 Å². The molecule has 6 nitrogen and oxygen atoms in total. The van der Waals surface area contributed by atoms with E-state index in [2.05, 4.69) is 4.99 Å². The Morgan fingerprint density at radius 3 is 2.43 bits per heavy atom. The number of nitrogens with zero attached hydrogens (tertiary/aromatic N) is 2. The number of methoxy groups -OCH3 is 2. The van der Waals surface area contributed by atoms with E-state index in [0.29, 0.717) is 26.4 Å². The van der Waals surface area contributed by atoms with Crippen LogP contribution in [-0.4, -0.2) is 24.8 Å². The summed E-state index contributed by atoms with van der Waals surface area (Å²) in [5, 5.41) is 0. The number of rotatable bonds is 4. The van der Waals surface area contributed by atoms with Gasteiger partial charge in [-0.05, 0) is 36.3 Å². The predicted octanol–water partition coefficient (Wildman–Crippen LogP) is 2.42. The third kappa shape index (κ3) is 3.48. The van der Waals surface area contributed by atoms with Gasteiger partial charge in [-0.1, -0.05) is 53.8 Å². The van der Waals surface area contributed by atoms with Gasteiger partial charge in [0.1, 0.15) is 5.75 Å². The molecule has 4 rings (SSSR count). The van der Waals surface area contributed by atoms with Crippen molar-refractivity contribution >= 4 is 23.4 Å². The standard InChI is InChI=1S/C23H20N2O4S/c1-14-19(22(27)29-3)20(16-9-11-17(28-2)12-10-16)25-21(26)18(30-23(25)24-14)13-15-7-5-4-6-8-15/h4-13,20H,1-3H3/b18-13+/t20-/m0/s1. The van der Waals surface area contributed by atoms with Gasteiger partial charge in [-0.2, -0.15) is 0 Å². The zero-order valence-corrected chi connectivity index (χ0v) is 17.6. The van der Waals surface area contributed by atoms with Crippen LogP contribution in [0.5, 0.6) is 5.75 Å². The van der Waals surface area contributed by atoms with E-state index in [9.17, 15) is 9.59 Å². The Balaban J connectivity index is 1.96. The summed E-state index contributed by atoms with van der Waals surface area (Å²) >= 11 is 1.31. The van der Waals surface area contributed by atoms with Crippen LogP contribution >= 0.6 is 11.3 Å². The van der Waals surface area contributed by atoms with Crippen molar-refractivity contribution in [1.82, 2.24) is 4.57 Å². The lowest BCUT2D eigenvalue weighted by Gasteiger charge is -2.24. The van der Waals surface area contributed by atoms with Gasteiger partial charge in [0.25, 0.3) is 5.56 Å². The molecule has 152 valence electrons. The number of benzene rings is 2. The number of carbonyl (C=O) groups is 1. The molecule has 3 aromatic rings. The van der Waals surface area contributed by atoms with Gasteiger partial charge >= 0.3 is 5.97 Å². The van der Waals surface area contributed by atoms with Crippen molar-refractivity contribution in [2.24, 2.45) is 4.99 Å². The first kappa shape index (κ1) is 19.8. The SMILES string of the molecule is COC(=O)C1=C(C)N=c2s/c(=C/c3ccccc3)c(=O)n2[C@H]1c1ccc(OC)cc1. The largest absolute Gasteiger partial charge is 0.497 e. The highest BCUT2D eigenvalue weighted by atomic mass is 32.1. The Labute approximate surface area is 177 Å². The molecular weight excluding hydrogens is 400 g/mol. The number of allylic oxidation sites excluding steroid dienone is 1. The number of aromatic nitrogens is 1. The molecule has 0 fully saturated rings. The maximum absolute atomic E-state index is 13.4. The summed E-state index contributed by atoms with van der Waals surface area (Å²) in [7, 11) is 2.92. The first-order valence-corrected chi connectivity index (χ1v) is 10.1. The molecule has 1 aromatic heterocycles. The molecule has 2 heterocycles. The highest BCUT2D eigenvalue weighted by molar-refractivity contribution is 7.07. The number of esters is 1. The molecule has 0 saturated carbocycles. The molecule has 0 aliphatic carbocycles. The van der Waals surface area contributed by atoms with E-state index in [4.69, 9.17) is 9.47 Å². The summed E-state index contributed by atoms with van der Waals surface area (Å²) in [5.74, 6) is 0.185. The van der Waals surface area contributed by atoms with Crippen LogP contribution in [0.25, 0.3) is 6.08 Å². The van der Waals surface area contributed by atoms with Gasteiger partial charge in [0.15, 0.2) is 4.80 Å². The maximum atomic E-state index is 13.4. The summed E-state index contributed by atoms with van der Waals surface area (Å²) in [6.45, 7) is 1.76. The highest BCUT2D eigenvalue weighted by Crippen LogP contribution is 2.31. The molecule has 0 radical (unpaired) electrons. The van der Waals surface area contributed by atoms with E-state index in [1.54, 1.807) is 30.7 Å². The first-order chi connectivity index (χ1) is 14.5. The minimum atomic E-state index is -0.627. The Kier molecular flexibility index (Phi) is 5.37. The topological polar surface area (TPSA) is 69.9 Å². The average molecular weight is 420 g/mol. The van der Waals surface area contributed by atoms with Gasteiger partial charge in [-0.3, -0.25) is 9.36 Å². The normalized spacial score (nSPS) is 16.1. The van der Waals surface area contributed by atoms with Crippen molar-refractivity contribution in [2.75, 3.05) is 14.2 Å². The summed E-state index contributed by atoms with van der Waals surface area (Å²) in [6, 6.07) is 16.3. The molecule has 30 heavy (non-hydrogen) atoms. The second-order valence-electron chi connectivity index (χ2n) is 6.76. The van der Waals surface area contributed by atoms with Crippen molar-refractivity contribution in [3.05, 3.63) is 96.7 Å². The van der Waals surface area contributed by atoms with Crippen molar-refractivity contribution in [3.8, 4) is 5.75 Å². The predicted molar refractivity (Wildman–Crippen MR) is 115 cm³/mol. The number of thiazole rings is 1. The Bertz CT molecular complexity index is 1300. The third-order valence-electron chi connectivity index (χ3n) is 4.96. The van der Waals surface area contributed by atoms with Crippen LogP contribution in [0.1, 0.15) is 24.1 Å². The number of fused-ring (bicyclic) bond motifs is 1. The minimum absolute atomic E-state index is 0.197. The summed E-state index contributed by atoms with van der Waals surface area (Å²) in [5.41, 5.74) is 2.39. The zero-order valence-electron chi connectivity index (χ0n) is 16.8. The molecule has 1 aliphatic rings. The molecule has 7 heteroatoms. The van der Waals surface area contributed by atoms with Gasteiger partial charge in [0.2, 0.25) is 0 Å². The Morgan fingerprint density at radius 1 is 1.10 bits per heavy atom. The van der Waals surface area contributed by atoms with E-state index in [1.165, 1.54) is 18.4 Å². The number of hydrogen-bond acceptors (Lipinski definition) is 6. The summed E-state index contributed by atoms with van der Waals surface area (Å²) in [6.07, 6.45) is 1.84. The van der Waals surface area contributed by atoms with Crippen molar-refractivity contribution in [2.45, 2.75) is 13.0 Å². The molecule has 0 spiro atoms. The van der Waals surface area contributed by atoms with E-state index < -0.39 is 12.0 Å². The van der Waals surface area contributed by atoms with Gasteiger partial charge in [-0.25, -0.2) is 9.79 Å². The lowest BCUT2D eigenvalue weighted by molar-refractivity contribution is -0.136. The summed E-state index contributed by atoms with van der Waals surface area (Å²) in [4.78, 5) is 31.1. The molecule has 1 atom stereocenters. The fourth-order valence-electron chi connectivity index (χ4n) is 3.49. The van der Waals surface area contributed by atoms with E-state index in [1.807, 2.05) is 48.5 Å². The molecule has 0 unspecified atom stereocenters. The second-order valence-corrected chi connectivity index (χ2v) is 7.77. The van der Waals surface area contributed by atoms with E-state index >= 15 is 0 Å². The fraction of sp³-hybridized carbons (Fsp3) is 0.174. The third-order valence-corrected chi connectivity index (χ3v) is 5.94. The minimum Gasteiger partial charge on any atom is -0.497 e. The number of ether oxygens (including phenoxy) is 2. The smallest absolute Gasteiger partial charge is 0.338 e. The van der Waals surface area contributed by atoms with Crippen molar-refractivity contribution < 1.29 is 14.3 Å². The van der Waals surface area contributed by atoms with Gasteiger partial charge in [0.05, 0.1) is 36.1 Å². The molecule has 0 saturated heterocycles. The fourth-order valence-corrected chi connectivity index (χ4v) is 4.54. The van der Waals surface area contributed by atoms with Crippen LogP contribution in [0.15, 0.2) is 75.7 Å². The molecule has 2 aromatic carbocycles. The van der Waals surface area contributed by atoms with Gasteiger partial charge in [0, 0.05) is 0 Å². The first-order valence-electron chi connectivity index (χ1n) is 9.33. The van der Waals surface area contributed by atoms with Crippen LogP contribution in [0.4, 0.5) is 0 Å². The van der Waals surface area contributed by atoms with Crippen LogP contribution in [0, 0.1) is 0 Å².